The Hall–Kier alpha value is -5.55. The molecule has 3 aromatic rings. The summed E-state index contributed by atoms with van der Waals surface area (Å²) in [5, 5.41) is 11.6. The molecule has 2 aliphatic rings. The SMILES string of the molecule is C=CC(=O)Nc1ccc(C(=O)Nc2cccc(C(=O)NC3=NCC4=C3CN(C(=O)N[C@H](CN(C)C)c3ccccc3)C4(C)C)c2)cc1. The summed E-state index contributed by atoms with van der Waals surface area (Å²) in [4.78, 5) is 59.9. The van der Waals surface area contributed by atoms with Crippen LogP contribution in [0.1, 0.15) is 46.2 Å². The van der Waals surface area contributed by atoms with Crippen LogP contribution in [-0.4, -0.2) is 78.7 Å². The fourth-order valence-electron chi connectivity index (χ4n) is 5.72. The number of nitrogens with zero attached hydrogens (tertiary/aromatic N) is 3. The second-order valence-electron chi connectivity index (χ2n) is 12.2. The van der Waals surface area contributed by atoms with Crippen molar-refractivity contribution >= 4 is 41.0 Å². The molecule has 5 amide bonds. The van der Waals surface area contributed by atoms with Gasteiger partial charge in [-0.1, -0.05) is 43.0 Å². The third-order valence-electron chi connectivity index (χ3n) is 8.28. The zero-order chi connectivity index (χ0) is 33.7. The van der Waals surface area contributed by atoms with E-state index in [0.717, 1.165) is 22.8 Å². The van der Waals surface area contributed by atoms with E-state index in [4.69, 9.17) is 0 Å². The van der Waals surface area contributed by atoms with Gasteiger partial charge in [-0.3, -0.25) is 19.4 Å². The Morgan fingerprint density at radius 2 is 1.60 bits per heavy atom. The molecule has 1 atom stereocenters. The standard InChI is InChI=1S/C36H39N7O4/c1-6-31(44)38-26-17-15-24(16-18-26)33(45)39-27-14-10-13-25(19-27)34(46)41-32-28-21-43(36(2,3)29(28)20-37-32)35(47)40-30(22-42(4)5)23-11-8-7-9-12-23/h6-19,30H,1,20-22H2,2-5H3,(H,38,44)(H,39,45)(H,40,47)(H,37,41,46)/t30-/m1/s1. The normalized spacial score (nSPS) is 15.4. The van der Waals surface area contributed by atoms with Crippen molar-refractivity contribution < 1.29 is 19.2 Å². The van der Waals surface area contributed by atoms with E-state index in [1.165, 1.54) is 0 Å². The maximum absolute atomic E-state index is 13.7. The highest BCUT2D eigenvalue weighted by atomic mass is 16.2. The van der Waals surface area contributed by atoms with E-state index in [9.17, 15) is 19.2 Å². The fourth-order valence-corrected chi connectivity index (χ4v) is 5.72. The maximum atomic E-state index is 13.7. The molecule has 0 saturated heterocycles. The summed E-state index contributed by atoms with van der Waals surface area (Å²) in [7, 11) is 3.95. The molecule has 5 rings (SSSR count). The number of rotatable bonds is 9. The topological polar surface area (TPSA) is 135 Å². The molecular formula is C36H39N7O4. The average Bonchev–Trinajstić information content (AvgIpc) is 3.58. The number of amidine groups is 1. The van der Waals surface area contributed by atoms with E-state index in [1.807, 2.05) is 63.2 Å². The molecule has 11 nitrogen and oxygen atoms in total. The predicted octanol–water partition coefficient (Wildman–Crippen LogP) is 4.61. The van der Waals surface area contributed by atoms with Crippen molar-refractivity contribution in [2.45, 2.75) is 25.4 Å². The van der Waals surface area contributed by atoms with Gasteiger partial charge in [0.05, 0.1) is 24.7 Å². The lowest BCUT2D eigenvalue weighted by molar-refractivity contribution is -0.111. The van der Waals surface area contributed by atoms with Crippen LogP contribution in [0.3, 0.4) is 0 Å². The monoisotopic (exact) mass is 633 g/mol. The quantitative estimate of drug-likeness (QED) is 0.256. The van der Waals surface area contributed by atoms with Crippen LogP contribution in [0, 0.1) is 0 Å². The number of carbonyl (C=O) groups excluding carboxylic acids is 4. The Balaban J connectivity index is 1.23. The molecule has 47 heavy (non-hydrogen) atoms. The summed E-state index contributed by atoms with van der Waals surface area (Å²) in [6.45, 7) is 8.74. The average molecular weight is 634 g/mol. The Kier molecular flexibility index (Phi) is 9.67. The Bertz CT molecular complexity index is 1760. The van der Waals surface area contributed by atoms with Gasteiger partial charge in [0.25, 0.3) is 11.8 Å². The number of hydrogen-bond donors (Lipinski definition) is 4. The third-order valence-corrected chi connectivity index (χ3v) is 8.28. The van der Waals surface area contributed by atoms with Gasteiger partial charge in [0.2, 0.25) is 5.91 Å². The molecular weight excluding hydrogens is 594 g/mol. The zero-order valence-corrected chi connectivity index (χ0v) is 27.0. The van der Waals surface area contributed by atoms with Crippen molar-refractivity contribution in [2.24, 2.45) is 4.99 Å². The van der Waals surface area contributed by atoms with Crippen LogP contribution in [-0.2, 0) is 4.79 Å². The van der Waals surface area contributed by atoms with Crippen molar-refractivity contribution in [3.05, 3.63) is 119 Å². The molecule has 2 aliphatic heterocycles. The Morgan fingerprint density at radius 1 is 0.894 bits per heavy atom. The summed E-state index contributed by atoms with van der Waals surface area (Å²) in [5.41, 5.74) is 3.93. The number of urea groups is 1. The molecule has 0 fully saturated rings. The molecule has 0 spiro atoms. The van der Waals surface area contributed by atoms with Crippen LogP contribution in [0.15, 0.2) is 108 Å². The van der Waals surface area contributed by atoms with Crippen molar-refractivity contribution in [2.75, 3.05) is 44.4 Å². The molecule has 0 radical (unpaired) electrons. The van der Waals surface area contributed by atoms with Crippen LogP contribution in [0.5, 0.6) is 0 Å². The molecule has 242 valence electrons. The predicted molar refractivity (Wildman–Crippen MR) is 184 cm³/mol. The van der Waals surface area contributed by atoms with Crippen molar-refractivity contribution in [1.82, 2.24) is 20.4 Å². The fraction of sp³-hybridized carbons (Fsp3) is 0.250. The maximum Gasteiger partial charge on any atom is 0.318 e. The van der Waals surface area contributed by atoms with Gasteiger partial charge < -0.3 is 31.1 Å². The molecule has 0 aliphatic carbocycles. The van der Waals surface area contributed by atoms with Gasteiger partial charge in [0.1, 0.15) is 5.84 Å². The molecule has 0 saturated carbocycles. The lowest BCUT2D eigenvalue weighted by Gasteiger charge is -2.36. The van der Waals surface area contributed by atoms with Crippen molar-refractivity contribution in [1.29, 1.82) is 0 Å². The van der Waals surface area contributed by atoms with Gasteiger partial charge in [-0.25, -0.2) is 4.79 Å². The Morgan fingerprint density at radius 3 is 2.28 bits per heavy atom. The highest BCUT2D eigenvalue weighted by molar-refractivity contribution is 6.15. The molecule has 3 aromatic carbocycles. The first kappa shape index (κ1) is 32.8. The molecule has 0 bridgehead atoms. The first-order valence-corrected chi connectivity index (χ1v) is 15.3. The van der Waals surface area contributed by atoms with Gasteiger partial charge in [0.15, 0.2) is 0 Å². The number of amides is 5. The van der Waals surface area contributed by atoms with E-state index in [0.29, 0.717) is 48.0 Å². The summed E-state index contributed by atoms with van der Waals surface area (Å²) < 4.78 is 0. The lowest BCUT2D eigenvalue weighted by atomic mass is 9.94. The number of carbonyl (C=O) groups is 4. The van der Waals surface area contributed by atoms with Gasteiger partial charge in [-0.2, -0.15) is 0 Å². The van der Waals surface area contributed by atoms with Crippen LogP contribution in [0.25, 0.3) is 0 Å². The van der Waals surface area contributed by atoms with E-state index in [1.54, 1.807) is 53.4 Å². The van der Waals surface area contributed by atoms with Crippen molar-refractivity contribution in [3.63, 3.8) is 0 Å². The lowest BCUT2D eigenvalue weighted by Crippen LogP contribution is -2.52. The second kappa shape index (κ2) is 13.8. The number of likely N-dealkylation sites (N-methyl/N-ethyl adjacent to an activating group) is 1. The van der Waals surface area contributed by atoms with Crippen LogP contribution >= 0.6 is 0 Å². The number of aliphatic imine (C=N–C) groups is 1. The van der Waals surface area contributed by atoms with Crippen LogP contribution < -0.4 is 21.3 Å². The minimum atomic E-state index is -0.603. The number of benzene rings is 3. The molecule has 0 aromatic heterocycles. The van der Waals surface area contributed by atoms with E-state index in [-0.39, 0.29) is 29.8 Å². The minimum absolute atomic E-state index is 0.189. The van der Waals surface area contributed by atoms with E-state index in [2.05, 4.69) is 32.8 Å². The van der Waals surface area contributed by atoms with E-state index >= 15 is 0 Å². The number of hydrogen-bond acceptors (Lipinski definition) is 6. The zero-order valence-electron chi connectivity index (χ0n) is 27.0. The van der Waals surface area contributed by atoms with Crippen LogP contribution in [0.2, 0.25) is 0 Å². The summed E-state index contributed by atoms with van der Waals surface area (Å²) in [6, 6.07) is 22.5. The molecule has 2 heterocycles. The largest absolute Gasteiger partial charge is 0.330 e. The summed E-state index contributed by atoms with van der Waals surface area (Å²) in [6.07, 6.45) is 1.16. The first-order chi connectivity index (χ1) is 22.5. The van der Waals surface area contributed by atoms with Gasteiger partial charge in [-0.05, 0) is 87.6 Å². The molecule has 0 unspecified atom stereocenters. The second-order valence-corrected chi connectivity index (χ2v) is 12.2. The summed E-state index contributed by atoms with van der Waals surface area (Å²) >= 11 is 0. The van der Waals surface area contributed by atoms with Crippen molar-refractivity contribution in [3.8, 4) is 0 Å². The number of anilines is 2. The first-order valence-electron chi connectivity index (χ1n) is 15.3. The van der Waals surface area contributed by atoms with Gasteiger partial charge in [-0.15, -0.1) is 0 Å². The Labute approximate surface area is 274 Å². The third kappa shape index (κ3) is 7.47. The van der Waals surface area contributed by atoms with Gasteiger partial charge >= 0.3 is 6.03 Å². The van der Waals surface area contributed by atoms with Gasteiger partial charge in [0, 0.05) is 34.6 Å². The number of nitrogens with one attached hydrogen (secondary N) is 4. The highest BCUT2D eigenvalue weighted by Gasteiger charge is 2.46. The molecule has 4 N–H and O–H groups in total. The molecule has 11 heteroatoms. The highest BCUT2D eigenvalue weighted by Crippen LogP contribution is 2.38. The van der Waals surface area contributed by atoms with Crippen LogP contribution in [0.4, 0.5) is 16.2 Å². The summed E-state index contributed by atoms with van der Waals surface area (Å²) in [5.74, 6) is -0.655. The van der Waals surface area contributed by atoms with E-state index < -0.39 is 5.54 Å². The smallest absolute Gasteiger partial charge is 0.318 e. The minimum Gasteiger partial charge on any atom is -0.330 e.